The van der Waals surface area contributed by atoms with E-state index in [0.29, 0.717) is 28.7 Å². The second kappa shape index (κ2) is 11.0. The molecule has 1 aliphatic heterocycles. The number of esters is 1. The van der Waals surface area contributed by atoms with Crippen molar-refractivity contribution in [2.24, 2.45) is 4.99 Å². The number of amides is 2. The molecule has 9 heteroatoms. The minimum Gasteiger partial charge on any atom is -0.465 e. The number of carbonyl (C=O) groups is 3. The fourth-order valence-electron chi connectivity index (χ4n) is 3.45. The zero-order valence-electron chi connectivity index (χ0n) is 18.8. The third kappa shape index (κ3) is 6.13. The minimum absolute atomic E-state index is 0.0595. The van der Waals surface area contributed by atoms with E-state index in [1.54, 1.807) is 29.2 Å². The van der Waals surface area contributed by atoms with Gasteiger partial charge in [0, 0.05) is 12.1 Å². The van der Waals surface area contributed by atoms with E-state index in [9.17, 15) is 18.8 Å². The van der Waals surface area contributed by atoms with Crippen molar-refractivity contribution in [2.45, 2.75) is 18.2 Å². The Hall–Kier alpha value is -3.98. The maximum Gasteiger partial charge on any atom is 0.337 e. The van der Waals surface area contributed by atoms with Gasteiger partial charge in [0.1, 0.15) is 11.1 Å². The van der Waals surface area contributed by atoms with Gasteiger partial charge >= 0.3 is 5.97 Å². The lowest BCUT2D eigenvalue weighted by atomic mass is 10.2. The third-order valence-electron chi connectivity index (χ3n) is 5.22. The molecule has 0 bridgehead atoms. The van der Waals surface area contributed by atoms with Crippen molar-refractivity contribution in [2.75, 3.05) is 12.4 Å². The lowest BCUT2D eigenvalue weighted by Gasteiger charge is -2.16. The molecule has 0 unspecified atom stereocenters. The number of carbonyl (C=O) groups excluding carboxylic acids is 3. The highest BCUT2D eigenvalue weighted by molar-refractivity contribution is 8.15. The molecule has 0 radical (unpaired) electrons. The van der Waals surface area contributed by atoms with Gasteiger partial charge in [-0.3, -0.25) is 14.5 Å². The number of thioether (sulfide) groups is 1. The summed E-state index contributed by atoms with van der Waals surface area (Å²) in [6, 6.07) is 21.4. The van der Waals surface area contributed by atoms with Crippen LogP contribution in [0.1, 0.15) is 22.3 Å². The van der Waals surface area contributed by atoms with E-state index in [1.165, 1.54) is 43.1 Å². The third-order valence-corrected chi connectivity index (χ3v) is 6.39. The lowest BCUT2D eigenvalue weighted by molar-refractivity contribution is -0.128. The topological polar surface area (TPSA) is 88.1 Å². The summed E-state index contributed by atoms with van der Waals surface area (Å²) in [5.74, 6) is -1.41. The normalized spacial score (nSPS) is 16.4. The van der Waals surface area contributed by atoms with Crippen molar-refractivity contribution in [1.82, 2.24) is 4.90 Å². The quantitative estimate of drug-likeness (QED) is 0.481. The molecule has 0 spiro atoms. The molecule has 1 heterocycles. The van der Waals surface area contributed by atoms with Gasteiger partial charge in [-0.1, -0.05) is 42.1 Å². The predicted octanol–water partition coefficient (Wildman–Crippen LogP) is 4.77. The van der Waals surface area contributed by atoms with Gasteiger partial charge in [-0.25, -0.2) is 14.2 Å². The molecule has 0 aromatic heterocycles. The number of methoxy groups -OCH3 is 1. The molecule has 2 amide bonds. The van der Waals surface area contributed by atoms with Crippen LogP contribution in [0.5, 0.6) is 0 Å². The number of halogens is 1. The van der Waals surface area contributed by atoms with Crippen molar-refractivity contribution in [1.29, 1.82) is 0 Å². The number of nitrogens with zero attached hydrogens (tertiary/aromatic N) is 2. The summed E-state index contributed by atoms with van der Waals surface area (Å²) < 4.78 is 18.0. The summed E-state index contributed by atoms with van der Waals surface area (Å²) in [6.45, 7) is 0.305. The van der Waals surface area contributed by atoms with Gasteiger partial charge in [-0.15, -0.1) is 0 Å². The molecular weight excluding hydrogens is 469 g/mol. The maximum atomic E-state index is 13.3. The molecular formula is C26H22FN3O4S. The SMILES string of the molecule is COC(=O)c1ccc(NC(=O)C[C@H]2SC(=Nc3ccc(F)cc3)N(Cc3ccccc3)C2=O)cc1. The monoisotopic (exact) mass is 491 g/mol. The highest BCUT2D eigenvalue weighted by Gasteiger charge is 2.39. The Bertz CT molecular complexity index is 1250. The van der Waals surface area contributed by atoms with Crippen molar-refractivity contribution in [3.8, 4) is 0 Å². The Balaban J connectivity index is 1.49. The van der Waals surface area contributed by atoms with Crippen LogP contribution in [0.15, 0.2) is 83.9 Å². The lowest BCUT2D eigenvalue weighted by Crippen LogP contribution is -2.33. The van der Waals surface area contributed by atoms with Crippen molar-refractivity contribution >= 4 is 46.1 Å². The zero-order chi connectivity index (χ0) is 24.8. The summed E-state index contributed by atoms with van der Waals surface area (Å²) in [7, 11) is 1.29. The number of nitrogens with one attached hydrogen (secondary N) is 1. The first-order valence-corrected chi connectivity index (χ1v) is 11.7. The summed E-state index contributed by atoms with van der Waals surface area (Å²) >= 11 is 1.20. The number of aliphatic imine (C=N–C) groups is 1. The van der Waals surface area contributed by atoms with Crippen molar-refractivity contribution < 1.29 is 23.5 Å². The smallest absolute Gasteiger partial charge is 0.337 e. The van der Waals surface area contributed by atoms with Gasteiger partial charge in [0.2, 0.25) is 11.8 Å². The van der Waals surface area contributed by atoms with Gasteiger partial charge in [-0.05, 0) is 54.1 Å². The van der Waals surface area contributed by atoms with Gasteiger partial charge in [0.25, 0.3) is 0 Å². The average molecular weight is 492 g/mol. The molecule has 1 fully saturated rings. The molecule has 1 atom stereocenters. The standard InChI is InChI=1S/C26H22FN3O4S/c1-34-25(33)18-7-11-20(12-8-18)28-23(31)15-22-24(32)30(16-17-5-3-2-4-6-17)26(35-22)29-21-13-9-19(27)10-14-21/h2-14,22H,15-16H2,1H3,(H,28,31)/t22-/m1/s1. The Kier molecular flexibility index (Phi) is 7.57. The zero-order valence-corrected chi connectivity index (χ0v) is 19.6. The Morgan fingerprint density at radius 3 is 2.37 bits per heavy atom. The van der Waals surface area contributed by atoms with E-state index in [2.05, 4.69) is 15.0 Å². The number of ether oxygens (including phenoxy) is 1. The number of amidine groups is 1. The molecule has 1 saturated heterocycles. The van der Waals surface area contributed by atoms with E-state index in [1.807, 2.05) is 30.3 Å². The van der Waals surface area contributed by atoms with Gasteiger partial charge < -0.3 is 10.1 Å². The second-order valence-corrected chi connectivity index (χ2v) is 8.88. The highest BCUT2D eigenvalue weighted by Crippen LogP contribution is 2.33. The van der Waals surface area contributed by atoms with Crippen LogP contribution in [-0.4, -0.2) is 40.2 Å². The molecule has 3 aromatic rings. The molecule has 178 valence electrons. The fraction of sp³-hybridized carbons (Fsp3) is 0.154. The van der Waals surface area contributed by atoms with Crippen LogP contribution in [0.4, 0.5) is 15.8 Å². The Labute approximate surface area is 206 Å². The number of rotatable bonds is 7. The summed E-state index contributed by atoms with van der Waals surface area (Å²) in [4.78, 5) is 43.6. The summed E-state index contributed by atoms with van der Waals surface area (Å²) in [5, 5.41) is 2.54. The van der Waals surface area contributed by atoms with Crippen LogP contribution in [0.3, 0.4) is 0 Å². The van der Waals surface area contributed by atoms with E-state index in [-0.39, 0.29) is 24.1 Å². The maximum absolute atomic E-state index is 13.3. The average Bonchev–Trinajstić information content (AvgIpc) is 3.14. The second-order valence-electron chi connectivity index (χ2n) is 7.71. The van der Waals surface area contributed by atoms with E-state index in [4.69, 9.17) is 0 Å². The molecule has 3 aromatic carbocycles. The predicted molar refractivity (Wildman–Crippen MR) is 133 cm³/mol. The fourth-order valence-corrected chi connectivity index (χ4v) is 4.61. The van der Waals surface area contributed by atoms with E-state index >= 15 is 0 Å². The summed E-state index contributed by atoms with van der Waals surface area (Å²) in [6.07, 6.45) is -0.0595. The molecule has 4 rings (SSSR count). The van der Waals surface area contributed by atoms with Crippen molar-refractivity contribution in [3.05, 3.63) is 95.8 Å². The number of hydrogen-bond acceptors (Lipinski definition) is 6. The van der Waals surface area contributed by atoms with E-state index < -0.39 is 11.2 Å². The van der Waals surface area contributed by atoms with Crippen LogP contribution in [-0.2, 0) is 20.9 Å². The van der Waals surface area contributed by atoms with Crippen LogP contribution in [0, 0.1) is 5.82 Å². The summed E-state index contributed by atoms with van der Waals surface area (Å²) in [5.41, 5.74) is 2.30. The van der Waals surface area contributed by atoms with Crippen LogP contribution >= 0.6 is 11.8 Å². The molecule has 7 nitrogen and oxygen atoms in total. The van der Waals surface area contributed by atoms with Gasteiger partial charge in [-0.2, -0.15) is 0 Å². The number of anilines is 1. The molecule has 1 aliphatic rings. The first kappa shape index (κ1) is 24.2. The van der Waals surface area contributed by atoms with Crippen LogP contribution in [0.2, 0.25) is 0 Å². The Morgan fingerprint density at radius 1 is 1.03 bits per heavy atom. The van der Waals surface area contributed by atoms with Gasteiger partial charge in [0.05, 0.1) is 24.9 Å². The Morgan fingerprint density at radius 2 is 1.71 bits per heavy atom. The first-order valence-electron chi connectivity index (χ1n) is 10.8. The van der Waals surface area contributed by atoms with E-state index in [0.717, 1.165) is 5.56 Å². The minimum atomic E-state index is -0.660. The number of benzene rings is 3. The highest BCUT2D eigenvalue weighted by atomic mass is 32.2. The molecule has 35 heavy (non-hydrogen) atoms. The van der Waals surface area contributed by atoms with Gasteiger partial charge in [0.15, 0.2) is 5.17 Å². The molecule has 1 N–H and O–H groups in total. The molecule has 0 saturated carbocycles. The first-order chi connectivity index (χ1) is 16.9. The van der Waals surface area contributed by atoms with Crippen LogP contribution in [0.25, 0.3) is 0 Å². The van der Waals surface area contributed by atoms with Crippen molar-refractivity contribution in [3.63, 3.8) is 0 Å². The van der Waals surface area contributed by atoms with Crippen LogP contribution < -0.4 is 5.32 Å². The largest absolute Gasteiger partial charge is 0.465 e. The molecule has 0 aliphatic carbocycles. The number of hydrogen-bond donors (Lipinski definition) is 1.